The standard InChI is InChI=1S/C20H24N4O5S/c1-12(2)21-19(26)14-5-7-15(8-6-14)23-20(27)17-11-16(22-13(3)25)9-10-18(17)24-30(4,28)29/h5-12,24H,1-4H3,(H,21,26)(H,22,25)(H,23,27). The molecule has 0 fully saturated rings. The number of benzene rings is 2. The number of nitrogens with one attached hydrogen (secondary N) is 4. The fraction of sp³-hybridized carbons (Fsp3) is 0.250. The summed E-state index contributed by atoms with van der Waals surface area (Å²) in [6, 6.07) is 10.5. The lowest BCUT2D eigenvalue weighted by Gasteiger charge is -2.14. The summed E-state index contributed by atoms with van der Waals surface area (Å²) < 4.78 is 25.5. The molecule has 30 heavy (non-hydrogen) atoms. The molecular formula is C20H24N4O5S. The zero-order chi connectivity index (χ0) is 22.5. The van der Waals surface area contributed by atoms with E-state index in [2.05, 4.69) is 20.7 Å². The molecule has 0 radical (unpaired) electrons. The summed E-state index contributed by atoms with van der Waals surface area (Å²) in [6.45, 7) is 5.02. The Morgan fingerprint density at radius 2 is 1.47 bits per heavy atom. The maximum absolute atomic E-state index is 12.8. The predicted octanol–water partition coefficient (Wildman–Crippen LogP) is 2.41. The van der Waals surface area contributed by atoms with Crippen molar-refractivity contribution < 1.29 is 22.8 Å². The van der Waals surface area contributed by atoms with Gasteiger partial charge in [-0.3, -0.25) is 19.1 Å². The Kier molecular flexibility index (Phi) is 7.17. The van der Waals surface area contributed by atoms with Crippen molar-refractivity contribution in [2.75, 3.05) is 21.6 Å². The predicted molar refractivity (Wildman–Crippen MR) is 116 cm³/mol. The summed E-state index contributed by atoms with van der Waals surface area (Å²) in [4.78, 5) is 36.1. The van der Waals surface area contributed by atoms with Crippen LogP contribution in [0.5, 0.6) is 0 Å². The lowest BCUT2D eigenvalue weighted by atomic mass is 10.1. The minimum absolute atomic E-state index is 0.00599. The molecule has 2 aromatic carbocycles. The highest BCUT2D eigenvalue weighted by Gasteiger charge is 2.16. The van der Waals surface area contributed by atoms with E-state index in [1.165, 1.54) is 25.1 Å². The summed E-state index contributed by atoms with van der Waals surface area (Å²) in [5.74, 6) is -1.15. The van der Waals surface area contributed by atoms with E-state index in [1.807, 2.05) is 13.8 Å². The van der Waals surface area contributed by atoms with Crippen LogP contribution in [0.15, 0.2) is 42.5 Å². The molecule has 0 unspecified atom stereocenters. The van der Waals surface area contributed by atoms with Crippen LogP contribution in [0.1, 0.15) is 41.5 Å². The highest BCUT2D eigenvalue weighted by molar-refractivity contribution is 7.92. The van der Waals surface area contributed by atoms with Crippen molar-refractivity contribution in [1.82, 2.24) is 5.32 Å². The average Bonchev–Trinajstić information content (AvgIpc) is 2.61. The van der Waals surface area contributed by atoms with Gasteiger partial charge < -0.3 is 16.0 Å². The molecule has 0 heterocycles. The number of carbonyl (C=O) groups excluding carboxylic acids is 3. The molecule has 0 bridgehead atoms. The molecule has 0 atom stereocenters. The highest BCUT2D eigenvalue weighted by Crippen LogP contribution is 2.23. The second-order valence-electron chi connectivity index (χ2n) is 6.98. The third-order valence-electron chi connectivity index (χ3n) is 3.70. The maximum Gasteiger partial charge on any atom is 0.257 e. The Balaban J connectivity index is 2.27. The molecule has 0 spiro atoms. The Bertz CT molecular complexity index is 1060. The SMILES string of the molecule is CC(=O)Nc1ccc(NS(C)(=O)=O)c(C(=O)Nc2ccc(C(=O)NC(C)C)cc2)c1. The van der Waals surface area contributed by atoms with Gasteiger partial charge in [0.2, 0.25) is 15.9 Å². The minimum atomic E-state index is -3.63. The molecule has 3 amide bonds. The van der Waals surface area contributed by atoms with Crippen molar-refractivity contribution in [2.45, 2.75) is 26.8 Å². The number of rotatable bonds is 7. The molecule has 0 aliphatic carbocycles. The number of sulfonamides is 1. The van der Waals surface area contributed by atoms with Crippen molar-refractivity contribution in [3.63, 3.8) is 0 Å². The molecular weight excluding hydrogens is 408 g/mol. The normalized spacial score (nSPS) is 11.0. The summed E-state index contributed by atoms with van der Waals surface area (Å²) >= 11 is 0. The van der Waals surface area contributed by atoms with E-state index in [-0.39, 0.29) is 29.1 Å². The van der Waals surface area contributed by atoms with Gasteiger partial charge in [0.25, 0.3) is 11.8 Å². The van der Waals surface area contributed by atoms with Crippen molar-refractivity contribution in [2.24, 2.45) is 0 Å². The summed E-state index contributed by atoms with van der Waals surface area (Å²) in [7, 11) is -3.63. The van der Waals surface area contributed by atoms with Crippen LogP contribution in [0.4, 0.5) is 17.1 Å². The minimum Gasteiger partial charge on any atom is -0.350 e. The monoisotopic (exact) mass is 432 g/mol. The number of carbonyl (C=O) groups is 3. The van der Waals surface area contributed by atoms with Crippen LogP contribution in [0.2, 0.25) is 0 Å². The molecule has 0 aliphatic rings. The maximum atomic E-state index is 12.8. The fourth-order valence-corrected chi connectivity index (χ4v) is 3.13. The van der Waals surface area contributed by atoms with Crippen LogP contribution >= 0.6 is 0 Å². The van der Waals surface area contributed by atoms with Crippen LogP contribution in [-0.2, 0) is 14.8 Å². The van der Waals surface area contributed by atoms with Crippen molar-refractivity contribution >= 4 is 44.8 Å². The van der Waals surface area contributed by atoms with Gasteiger partial charge in [-0.1, -0.05) is 0 Å². The van der Waals surface area contributed by atoms with Gasteiger partial charge in [-0.15, -0.1) is 0 Å². The highest BCUT2D eigenvalue weighted by atomic mass is 32.2. The first-order valence-electron chi connectivity index (χ1n) is 9.06. The van der Waals surface area contributed by atoms with Gasteiger partial charge in [0.15, 0.2) is 0 Å². The number of hydrogen-bond donors (Lipinski definition) is 4. The second-order valence-corrected chi connectivity index (χ2v) is 8.72. The smallest absolute Gasteiger partial charge is 0.257 e. The Labute approximate surface area is 175 Å². The van der Waals surface area contributed by atoms with Crippen molar-refractivity contribution in [1.29, 1.82) is 0 Å². The van der Waals surface area contributed by atoms with Crippen LogP contribution in [0.25, 0.3) is 0 Å². The fourth-order valence-electron chi connectivity index (χ4n) is 2.55. The molecule has 160 valence electrons. The average molecular weight is 433 g/mol. The van der Waals surface area contributed by atoms with E-state index >= 15 is 0 Å². The first kappa shape index (κ1) is 22.9. The third kappa shape index (κ3) is 6.89. The van der Waals surface area contributed by atoms with Gasteiger partial charge in [-0.2, -0.15) is 0 Å². The lowest BCUT2D eigenvalue weighted by molar-refractivity contribution is -0.114. The van der Waals surface area contributed by atoms with Gasteiger partial charge in [0, 0.05) is 29.9 Å². The first-order valence-corrected chi connectivity index (χ1v) is 11.0. The first-order chi connectivity index (χ1) is 13.9. The Hall–Kier alpha value is -3.40. The van der Waals surface area contributed by atoms with E-state index in [9.17, 15) is 22.8 Å². The van der Waals surface area contributed by atoms with E-state index in [4.69, 9.17) is 0 Å². The molecule has 4 N–H and O–H groups in total. The van der Waals surface area contributed by atoms with Crippen molar-refractivity contribution in [3.05, 3.63) is 53.6 Å². The van der Waals surface area contributed by atoms with Crippen LogP contribution in [0.3, 0.4) is 0 Å². The van der Waals surface area contributed by atoms with Crippen molar-refractivity contribution in [3.8, 4) is 0 Å². The molecule has 2 rings (SSSR count). The van der Waals surface area contributed by atoms with Crippen LogP contribution in [0, 0.1) is 0 Å². The van der Waals surface area contributed by atoms with E-state index < -0.39 is 15.9 Å². The van der Waals surface area contributed by atoms with E-state index in [0.717, 1.165) is 6.26 Å². The summed E-state index contributed by atoms with van der Waals surface area (Å²) in [6.07, 6.45) is 0.970. The van der Waals surface area contributed by atoms with E-state index in [0.29, 0.717) is 16.9 Å². The second kappa shape index (κ2) is 9.40. The summed E-state index contributed by atoms with van der Waals surface area (Å²) in [5, 5.41) is 7.97. The number of hydrogen-bond acceptors (Lipinski definition) is 5. The Morgan fingerprint density at radius 3 is 2.00 bits per heavy atom. The topological polar surface area (TPSA) is 133 Å². The molecule has 9 nitrogen and oxygen atoms in total. The van der Waals surface area contributed by atoms with E-state index in [1.54, 1.807) is 24.3 Å². The number of amides is 3. The molecule has 0 saturated carbocycles. The summed E-state index contributed by atoms with van der Waals surface area (Å²) in [5.41, 5.74) is 1.28. The van der Waals surface area contributed by atoms with Gasteiger partial charge in [-0.25, -0.2) is 8.42 Å². The largest absolute Gasteiger partial charge is 0.350 e. The molecule has 2 aromatic rings. The molecule has 10 heteroatoms. The molecule has 0 saturated heterocycles. The lowest BCUT2D eigenvalue weighted by Crippen LogP contribution is -2.30. The van der Waals surface area contributed by atoms with Gasteiger partial charge >= 0.3 is 0 Å². The zero-order valence-corrected chi connectivity index (χ0v) is 17.9. The van der Waals surface area contributed by atoms with Gasteiger partial charge in [0.05, 0.1) is 17.5 Å². The number of anilines is 3. The molecule has 0 aliphatic heterocycles. The van der Waals surface area contributed by atoms with Gasteiger partial charge in [0.1, 0.15) is 0 Å². The van der Waals surface area contributed by atoms with Gasteiger partial charge in [-0.05, 0) is 56.3 Å². The third-order valence-corrected chi connectivity index (χ3v) is 4.30. The quantitative estimate of drug-likeness (QED) is 0.533. The zero-order valence-electron chi connectivity index (χ0n) is 17.1. The molecule has 0 aromatic heterocycles. The van der Waals surface area contributed by atoms with Crippen LogP contribution < -0.4 is 20.7 Å². The van der Waals surface area contributed by atoms with Crippen LogP contribution in [-0.4, -0.2) is 38.4 Å². The Morgan fingerprint density at radius 1 is 0.867 bits per heavy atom.